The fourth-order valence-electron chi connectivity index (χ4n) is 4.27. The molecule has 8 nitrogen and oxygen atoms in total. The van der Waals surface area contributed by atoms with Gasteiger partial charge in [0.25, 0.3) is 5.91 Å². The van der Waals surface area contributed by atoms with Crippen molar-refractivity contribution in [1.82, 2.24) is 24.6 Å². The molecule has 0 bridgehead atoms. The Labute approximate surface area is 218 Å². The molecule has 0 atom stereocenters. The third-order valence-electron chi connectivity index (χ3n) is 6.50. The van der Waals surface area contributed by atoms with E-state index in [0.717, 1.165) is 42.8 Å². The number of nitrogens with one attached hydrogen (secondary N) is 2. The van der Waals surface area contributed by atoms with Crippen molar-refractivity contribution in [2.45, 2.75) is 38.4 Å². The van der Waals surface area contributed by atoms with Crippen LogP contribution in [0.5, 0.6) is 0 Å². The topological polar surface area (TPSA) is 83.8 Å². The molecular weight excluding hydrogens is 497 g/mol. The monoisotopic (exact) mass is 526 g/mol. The number of anilines is 1. The second-order valence-electron chi connectivity index (χ2n) is 9.57. The summed E-state index contributed by atoms with van der Waals surface area (Å²) in [6.07, 6.45) is 0.123. The minimum Gasteiger partial charge on any atom is -0.379 e. The summed E-state index contributed by atoms with van der Waals surface area (Å²) < 4.78 is 45.5. The summed E-state index contributed by atoms with van der Waals surface area (Å²) in [6.45, 7) is 5.01. The van der Waals surface area contributed by atoms with Crippen LogP contribution in [0.25, 0.3) is 16.9 Å². The highest BCUT2D eigenvalue weighted by atomic mass is 19.4. The van der Waals surface area contributed by atoms with Gasteiger partial charge in [0.1, 0.15) is 5.69 Å². The number of carbonyl (C=O) groups is 1. The molecule has 3 heterocycles. The van der Waals surface area contributed by atoms with Crippen molar-refractivity contribution in [3.05, 3.63) is 47.4 Å². The van der Waals surface area contributed by atoms with Crippen LogP contribution in [0.15, 0.2) is 30.6 Å². The first-order valence-electron chi connectivity index (χ1n) is 12.7. The summed E-state index contributed by atoms with van der Waals surface area (Å²) in [5, 5.41) is 5.79. The number of halogens is 3. The normalized spacial score (nSPS) is 16.2. The molecule has 1 aliphatic heterocycles. The summed E-state index contributed by atoms with van der Waals surface area (Å²) in [5.41, 5.74) is 3.78. The zero-order chi connectivity index (χ0) is 26.7. The molecule has 2 aliphatic rings. The highest BCUT2D eigenvalue weighted by Gasteiger charge is 2.27. The van der Waals surface area contributed by atoms with Gasteiger partial charge in [-0.1, -0.05) is 12.0 Å². The number of nitrogens with zero attached hydrogens (tertiary/aromatic N) is 4. The maximum Gasteiger partial charge on any atom is 0.390 e. The summed E-state index contributed by atoms with van der Waals surface area (Å²) in [5.74, 6) is 6.31. The first-order valence-corrected chi connectivity index (χ1v) is 12.7. The lowest BCUT2D eigenvalue weighted by Crippen LogP contribution is -2.36. The number of alkyl halides is 3. The molecule has 11 heteroatoms. The maximum absolute atomic E-state index is 12.8. The second-order valence-corrected chi connectivity index (χ2v) is 9.57. The molecule has 38 heavy (non-hydrogen) atoms. The number of aryl methyl sites for hydroxylation is 1. The van der Waals surface area contributed by atoms with E-state index in [2.05, 4.69) is 37.3 Å². The van der Waals surface area contributed by atoms with Gasteiger partial charge < -0.3 is 15.4 Å². The Kier molecular flexibility index (Phi) is 7.53. The molecule has 3 aromatic rings. The summed E-state index contributed by atoms with van der Waals surface area (Å²) >= 11 is 0. The van der Waals surface area contributed by atoms with E-state index in [1.165, 1.54) is 0 Å². The molecule has 5 rings (SSSR count). The number of aromatic nitrogens is 3. The average molecular weight is 527 g/mol. The lowest BCUT2D eigenvalue weighted by atomic mass is 10.0. The van der Waals surface area contributed by atoms with E-state index >= 15 is 0 Å². The van der Waals surface area contributed by atoms with E-state index in [-0.39, 0.29) is 24.3 Å². The molecule has 2 aromatic heterocycles. The van der Waals surface area contributed by atoms with Crippen LogP contribution in [-0.2, 0) is 4.74 Å². The number of imidazole rings is 1. The van der Waals surface area contributed by atoms with E-state index in [1.54, 1.807) is 22.9 Å². The van der Waals surface area contributed by atoms with E-state index in [9.17, 15) is 18.0 Å². The van der Waals surface area contributed by atoms with Gasteiger partial charge in [0.15, 0.2) is 11.5 Å². The number of morpholine rings is 1. The van der Waals surface area contributed by atoms with Crippen molar-refractivity contribution in [3.8, 4) is 23.1 Å². The number of fused-ring (bicyclic) bond motifs is 1. The van der Waals surface area contributed by atoms with Crippen molar-refractivity contribution in [3.63, 3.8) is 0 Å². The molecule has 1 aliphatic carbocycles. The van der Waals surface area contributed by atoms with Gasteiger partial charge in [0.2, 0.25) is 0 Å². The minimum absolute atomic E-state index is 0.0899. The Hall–Kier alpha value is -3.62. The molecule has 1 saturated carbocycles. The van der Waals surface area contributed by atoms with E-state index in [4.69, 9.17) is 4.74 Å². The Morgan fingerprint density at radius 2 is 2.03 bits per heavy atom. The van der Waals surface area contributed by atoms with Crippen LogP contribution in [0.2, 0.25) is 0 Å². The predicted octanol–water partition coefficient (Wildman–Crippen LogP) is 3.64. The van der Waals surface area contributed by atoms with Crippen LogP contribution in [0, 0.1) is 18.8 Å². The number of amides is 1. The van der Waals surface area contributed by atoms with Crippen LogP contribution in [-0.4, -0.2) is 76.8 Å². The molecule has 200 valence electrons. The molecular formula is C27H29F3N6O2. The smallest absolute Gasteiger partial charge is 0.379 e. The molecule has 0 spiro atoms. The Morgan fingerprint density at radius 1 is 1.24 bits per heavy atom. The van der Waals surface area contributed by atoms with Gasteiger partial charge in [-0.2, -0.15) is 13.2 Å². The highest BCUT2D eigenvalue weighted by Crippen LogP contribution is 2.27. The van der Waals surface area contributed by atoms with Crippen molar-refractivity contribution in [1.29, 1.82) is 0 Å². The fraction of sp³-hybridized carbons (Fsp3) is 0.444. The molecule has 0 unspecified atom stereocenters. The van der Waals surface area contributed by atoms with Crippen molar-refractivity contribution in [2.75, 3.05) is 44.7 Å². The Morgan fingerprint density at radius 3 is 2.74 bits per heavy atom. The van der Waals surface area contributed by atoms with Gasteiger partial charge in [-0.3, -0.25) is 14.1 Å². The van der Waals surface area contributed by atoms with Gasteiger partial charge in [-0.25, -0.2) is 9.97 Å². The van der Waals surface area contributed by atoms with Crippen LogP contribution in [0.3, 0.4) is 0 Å². The van der Waals surface area contributed by atoms with Crippen molar-refractivity contribution >= 4 is 17.4 Å². The molecule has 1 amide bonds. The van der Waals surface area contributed by atoms with Crippen LogP contribution in [0.1, 0.15) is 40.9 Å². The number of ether oxygens (including phenoxy) is 1. The largest absolute Gasteiger partial charge is 0.390 e. The summed E-state index contributed by atoms with van der Waals surface area (Å²) in [4.78, 5) is 23.6. The zero-order valence-corrected chi connectivity index (χ0v) is 21.1. The quantitative estimate of drug-likeness (QED) is 0.458. The number of rotatable bonds is 7. The van der Waals surface area contributed by atoms with Crippen LogP contribution in [0.4, 0.5) is 19.0 Å². The molecule has 1 saturated heterocycles. The van der Waals surface area contributed by atoms with Gasteiger partial charge in [0, 0.05) is 43.0 Å². The molecule has 0 radical (unpaired) electrons. The van der Waals surface area contributed by atoms with E-state index < -0.39 is 12.6 Å². The molecule has 1 aromatic carbocycles. The van der Waals surface area contributed by atoms with E-state index in [1.807, 2.05) is 19.1 Å². The minimum atomic E-state index is -4.29. The average Bonchev–Trinajstić information content (AvgIpc) is 3.59. The standard InChI is InChI=1S/C27H29F3N6O2/c1-18-15-19(4-7-22(18)26(37)34-20-5-6-20)23-16-32-25-24(31-9-8-27(28,29)30)33-21(17-36(23)25)3-2-10-35-11-13-38-14-12-35/h4,7,15-17,20H,5-6,8-14H2,1H3,(H,31,33)(H,34,37). The number of benzene rings is 1. The lowest BCUT2D eigenvalue weighted by molar-refractivity contribution is -0.131. The van der Waals surface area contributed by atoms with Crippen LogP contribution >= 0.6 is 0 Å². The molecule has 2 fully saturated rings. The van der Waals surface area contributed by atoms with Gasteiger partial charge in [-0.05, 0) is 43.4 Å². The van der Waals surface area contributed by atoms with Gasteiger partial charge >= 0.3 is 6.18 Å². The maximum atomic E-state index is 12.8. The first kappa shape index (κ1) is 26.0. The SMILES string of the molecule is Cc1cc(-c2cnc3c(NCCC(F)(F)F)nc(C#CCN4CCOCC4)cn23)ccc1C(=O)NC1CC1. The first-order chi connectivity index (χ1) is 18.3. The number of hydrogen-bond donors (Lipinski definition) is 2. The Bertz CT molecular complexity index is 1380. The third-order valence-corrected chi connectivity index (χ3v) is 6.50. The Balaban J connectivity index is 1.45. The fourth-order valence-corrected chi connectivity index (χ4v) is 4.27. The predicted molar refractivity (Wildman–Crippen MR) is 137 cm³/mol. The van der Waals surface area contributed by atoms with E-state index in [0.29, 0.717) is 36.7 Å². The number of carbonyl (C=O) groups excluding carboxylic acids is 1. The summed E-state index contributed by atoms with van der Waals surface area (Å²) in [7, 11) is 0. The third kappa shape index (κ3) is 6.44. The second kappa shape index (κ2) is 11.0. The zero-order valence-electron chi connectivity index (χ0n) is 21.1. The molecule has 2 N–H and O–H groups in total. The van der Waals surface area contributed by atoms with Crippen LogP contribution < -0.4 is 10.6 Å². The van der Waals surface area contributed by atoms with Gasteiger partial charge in [0.05, 0.1) is 38.1 Å². The number of hydrogen-bond acceptors (Lipinski definition) is 6. The highest BCUT2D eigenvalue weighted by molar-refractivity contribution is 5.96. The van der Waals surface area contributed by atoms with Gasteiger partial charge in [-0.15, -0.1) is 0 Å². The lowest BCUT2D eigenvalue weighted by Gasteiger charge is -2.24. The van der Waals surface area contributed by atoms with Crippen molar-refractivity contribution in [2.24, 2.45) is 0 Å². The summed E-state index contributed by atoms with van der Waals surface area (Å²) in [6, 6.07) is 5.80. The van der Waals surface area contributed by atoms with Crippen molar-refractivity contribution < 1.29 is 22.7 Å².